The average Bonchev–Trinajstić information content (AvgIpc) is 2.78. The van der Waals surface area contributed by atoms with E-state index in [2.05, 4.69) is 22.8 Å². The van der Waals surface area contributed by atoms with E-state index in [1.807, 2.05) is 25.1 Å². The van der Waals surface area contributed by atoms with Crippen LogP contribution in [0.25, 0.3) is 0 Å². The highest BCUT2D eigenvalue weighted by Gasteiger charge is 2.34. The molecule has 0 radical (unpaired) electrons. The van der Waals surface area contributed by atoms with Crippen LogP contribution < -0.4 is 15.4 Å². The van der Waals surface area contributed by atoms with Crippen molar-refractivity contribution in [2.24, 2.45) is 0 Å². The Labute approximate surface area is 171 Å². The average molecular weight is 396 g/mol. The Bertz CT molecular complexity index is 799. The maximum absolute atomic E-state index is 12.4. The van der Waals surface area contributed by atoms with Gasteiger partial charge >= 0.3 is 0 Å². The molecule has 2 aromatic rings. The molecule has 6 nitrogen and oxygen atoms in total. The lowest BCUT2D eigenvalue weighted by atomic mass is 9.74. The van der Waals surface area contributed by atoms with Gasteiger partial charge in [0.2, 0.25) is 5.91 Å². The summed E-state index contributed by atoms with van der Waals surface area (Å²) >= 11 is 0. The van der Waals surface area contributed by atoms with Crippen LogP contribution in [-0.4, -0.2) is 44.7 Å². The molecule has 0 atom stereocenters. The van der Waals surface area contributed by atoms with Crippen LogP contribution in [0.15, 0.2) is 54.6 Å². The second-order valence-electron chi connectivity index (χ2n) is 7.18. The Kier molecular flexibility index (Phi) is 7.25. The van der Waals surface area contributed by atoms with Gasteiger partial charge in [-0.1, -0.05) is 30.3 Å². The Hall–Kier alpha value is -2.86. The number of carbonyl (C=O) groups is 2. The van der Waals surface area contributed by atoms with Crippen LogP contribution >= 0.6 is 0 Å². The number of amides is 2. The molecule has 154 valence electrons. The number of carbonyl (C=O) groups excluding carboxylic acids is 2. The van der Waals surface area contributed by atoms with E-state index in [4.69, 9.17) is 9.47 Å². The first-order valence-electron chi connectivity index (χ1n) is 10.0. The van der Waals surface area contributed by atoms with E-state index in [1.54, 1.807) is 24.3 Å². The van der Waals surface area contributed by atoms with Crippen molar-refractivity contribution in [2.45, 2.75) is 25.2 Å². The van der Waals surface area contributed by atoms with Gasteiger partial charge in [0.15, 0.2) is 0 Å². The molecule has 29 heavy (non-hydrogen) atoms. The largest absolute Gasteiger partial charge is 0.494 e. The molecule has 1 aliphatic rings. The number of ether oxygens (including phenoxy) is 2. The smallest absolute Gasteiger partial charge is 0.251 e. The quantitative estimate of drug-likeness (QED) is 0.719. The van der Waals surface area contributed by atoms with Crippen LogP contribution in [0.3, 0.4) is 0 Å². The van der Waals surface area contributed by atoms with Crippen molar-refractivity contribution < 1.29 is 19.1 Å². The molecule has 2 amide bonds. The van der Waals surface area contributed by atoms with E-state index < -0.39 is 0 Å². The van der Waals surface area contributed by atoms with Gasteiger partial charge in [-0.2, -0.15) is 0 Å². The number of benzene rings is 2. The third-order valence-corrected chi connectivity index (χ3v) is 5.30. The molecule has 0 unspecified atom stereocenters. The van der Waals surface area contributed by atoms with Crippen LogP contribution in [0.2, 0.25) is 0 Å². The molecule has 3 rings (SSSR count). The first kappa shape index (κ1) is 20.9. The number of rotatable bonds is 8. The summed E-state index contributed by atoms with van der Waals surface area (Å²) in [4.78, 5) is 24.5. The molecule has 1 heterocycles. The molecule has 2 N–H and O–H groups in total. The maximum atomic E-state index is 12.4. The van der Waals surface area contributed by atoms with Crippen LogP contribution in [0.5, 0.6) is 5.75 Å². The van der Waals surface area contributed by atoms with Crippen LogP contribution in [0.1, 0.15) is 35.7 Å². The summed E-state index contributed by atoms with van der Waals surface area (Å²) in [5.41, 5.74) is 1.52. The molecule has 6 heteroatoms. The minimum atomic E-state index is -0.256. The predicted molar refractivity (Wildman–Crippen MR) is 111 cm³/mol. The van der Waals surface area contributed by atoms with Crippen molar-refractivity contribution in [1.82, 2.24) is 10.6 Å². The van der Waals surface area contributed by atoms with Gasteiger partial charge in [-0.25, -0.2) is 0 Å². The lowest BCUT2D eigenvalue weighted by Gasteiger charge is -2.38. The fourth-order valence-corrected chi connectivity index (χ4v) is 3.58. The van der Waals surface area contributed by atoms with E-state index >= 15 is 0 Å². The highest BCUT2D eigenvalue weighted by molar-refractivity contribution is 5.96. The fraction of sp³-hybridized carbons (Fsp3) is 0.391. The molecule has 1 saturated heterocycles. The van der Waals surface area contributed by atoms with Gasteiger partial charge in [-0.3, -0.25) is 9.59 Å². The molecular formula is C23H28N2O4. The van der Waals surface area contributed by atoms with Crippen LogP contribution in [-0.2, 0) is 14.9 Å². The van der Waals surface area contributed by atoms with E-state index in [-0.39, 0.29) is 23.8 Å². The SMILES string of the molecule is CCOc1ccc(C2(CNC(=O)CNC(=O)c3ccccc3)CCOCC2)cc1. The Morgan fingerprint density at radius 1 is 1.00 bits per heavy atom. The van der Waals surface area contributed by atoms with Crippen LogP contribution in [0.4, 0.5) is 0 Å². The van der Waals surface area contributed by atoms with Crippen molar-refractivity contribution in [3.8, 4) is 5.75 Å². The standard InChI is InChI=1S/C23H28N2O4/c1-2-29-20-10-8-19(9-11-20)23(12-14-28-15-13-23)17-25-21(26)16-24-22(27)18-6-4-3-5-7-18/h3-11H,2,12-17H2,1H3,(H,24,27)(H,25,26). The van der Waals surface area contributed by atoms with Gasteiger partial charge in [0.05, 0.1) is 13.2 Å². The number of hydrogen-bond donors (Lipinski definition) is 2. The zero-order valence-electron chi connectivity index (χ0n) is 16.8. The fourth-order valence-electron chi connectivity index (χ4n) is 3.58. The normalized spacial score (nSPS) is 15.3. The minimum absolute atomic E-state index is 0.0520. The summed E-state index contributed by atoms with van der Waals surface area (Å²) in [6, 6.07) is 16.9. The second-order valence-corrected chi connectivity index (χ2v) is 7.18. The van der Waals surface area contributed by atoms with Gasteiger partial charge < -0.3 is 20.1 Å². The monoisotopic (exact) mass is 396 g/mol. The molecule has 0 aliphatic carbocycles. The highest BCUT2D eigenvalue weighted by atomic mass is 16.5. The Balaban J connectivity index is 1.58. The molecule has 0 aromatic heterocycles. The van der Waals surface area contributed by atoms with E-state index in [1.165, 1.54) is 0 Å². The number of nitrogens with one attached hydrogen (secondary N) is 2. The molecule has 0 spiro atoms. The maximum Gasteiger partial charge on any atom is 0.251 e. The van der Waals surface area contributed by atoms with E-state index in [9.17, 15) is 9.59 Å². The Morgan fingerprint density at radius 3 is 2.34 bits per heavy atom. The van der Waals surface area contributed by atoms with Crippen LogP contribution in [0, 0.1) is 0 Å². The Morgan fingerprint density at radius 2 is 1.69 bits per heavy atom. The lowest BCUT2D eigenvalue weighted by Crippen LogP contribution is -2.47. The van der Waals surface area contributed by atoms with E-state index in [0.717, 1.165) is 24.2 Å². The van der Waals surface area contributed by atoms with Crippen molar-refractivity contribution in [3.05, 3.63) is 65.7 Å². The molecule has 2 aromatic carbocycles. The van der Waals surface area contributed by atoms with Crippen molar-refractivity contribution in [2.75, 3.05) is 32.9 Å². The zero-order valence-corrected chi connectivity index (χ0v) is 16.8. The molecule has 1 aliphatic heterocycles. The minimum Gasteiger partial charge on any atom is -0.494 e. The summed E-state index contributed by atoms with van der Waals surface area (Å²) in [5, 5.41) is 5.67. The molecule has 1 fully saturated rings. The summed E-state index contributed by atoms with van der Waals surface area (Å²) < 4.78 is 11.1. The lowest BCUT2D eigenvalue weighted by molar-refractivity contribution is -0.120. The predicted octanol–water partition coefficient (Wildman–Crippen LogP) is 2.68. The van der Waals surface area contributed by atoms with Gasteiger partial charge in [0.1, 0.15) is 5.75 Å². The molecule has 0 bridgehead atoms. The topological polar surface area (TPSA) is 76.7 Å². The van der Waals surface area contributed by atoms with Crippen molar-refractivity contribution in [3.63, 3.8) is 0 Å². The zero-order chi connectivity index (χ0) is 20.5. The highest BCUT2D eigenvalue weighted by Crippen LogP contribution is 2.35. The van der Waals surface area contributed by atoms with E-state index in [0.29, 0.717) is 31.9 Å². The summed E-state index contributed by atoms with van der Waals surface area (Å²) in [6.07, 6.45) is 1.66. The van der Waals surface area contributed by atoms with Gasteiger partial charge in [-0.15, -0.1) is 0 Å². The van der Waals surface area contributed by atoms with Crippen molar-refractivity contribution >= 4 is 11.8 Å². The first-order chi connectivity index (χ1) is 14.1. The van der Waals surface area contributed by atoms with Gasteiger partial charge in [-0.05, 0) is 49.6 Å². The third kappa shape index (κ3) is 5.57. The van der Waals surface area contributed by atoms with Crippen molar-refractivity contribution in [1.29, 1.82) is 0 Å². The number of hydrogen-bond acceptors (Lipinski definition) is 4. The summed E-state index contributed by atoms with van der Waals surface area (Å²) in [7, 11) is 0. The second kappa shape index (κ2) is 10.1. The summed E-state index contributed by atoms with van der Waals surface area (Å²) in [5.74, 6) is 0.380. The first-order valence-corrected chi connectivity index (χ1v) is 10.0. The molecular weight excluding hydrogens is 368 g/mol. The third-order valence-electron chi connectivity index (χ3n) is 5.30. The summed E-state index contributed by atoms with van der Waals surface area (Å²) in [6.45, 7) is 4.36. The molecule has 0 saturated carbocycles. The van der Waals surface area contributed by atoms with Gasteiger partial charge in [0.25, 0.3) is 5.91 Å². The van der Waals surface area contributed by atoms with Gasteiger partial charge in [0, 0.05) is 30.7 Å².